The summed E-state index contributed by atoms with van der Waals surface area (Å²) < 4.78 is 7.75. The monoisotopic (exact) mass is 303 g/mol. The molecule has 3 rings (SSSR count). The van der Waals surface area contributed by atoms with Crippen molar-refractivity contribution in [2.24, 2.45) is 7.05 Å². The number of ether oxygens (including phenoxy) is 1. The summed E-state index contributed by atoms with van der Waals surface area (Å²) in [6, 6.07) is 3.50. The molecule has 2 aromatic heterocycles. The molecule has 21 heavy (non-hydrogen) atoms. The van der Waals surface area contributed by atoms with Crippen LogP contribution in [0.1, 0.15) is 10.5 Å². The first-order valence-corrected chi connectivity index (χ1v) is 6.92. The minimum absolute atomic E-state index is 0.263. The summed E-state index contributed by atoms with van der Waals surface area (Å²) in [7, 11) is 3.31. The number of nitrogens with one attached hydrogen (secondary N) is 1. The van der Waals surface area contributed by atoms with Gasteiger partial charge in [0.2, 0.25) is 0 Å². The maximum atomic E-state index is 12.1. The number of carbonyl (C=O) groups is 1. The van der Waals surface area contributed by atoms with Crippen LogP contribution in [0.25, 0.3) is 10.2 Å². The van der Waals surface area contributed by atoms with E-state index in [1.54, 1.807) is 37.2 Å². The Kier molecular flexibility index (Phi) is 3.22. The van der Waals surface area contributed by atoms with Crippen molar-refractivity contribution in [2.75, 3.05) is 18.2 Å². The maximum Gasteiger partial charge on any atom is 0.275 e. The Hall–Kier alpha value is -2.61. The molecule has 1 aromatic carbocycles. The summed E-state index contributed by atoms with van der Waals surface area (Å²) >= 11 is 1.34. The standard InChI is InChI=1S/C13H13N5O2S/c1-18-6-15-5-8(18)12(19)17-13-16-11-9(20-2)3-7(14)4-10(11)21-13/h3-6H,14H2,1-2H3,(H,16,17,19). The minimum atomic E-state index is -0.263. The van der Waals surface area contributed by atoms with E-state index < -0.39 is 0 Å². The highest BCUT2D eigenvalue weighted by Crippen LogP contribution is 2.34. The van der Waals surface area contributed by atoms with Gasteiger partial charge in [0.05, 0.1) is 24.3 Å². The van der Waals surface area contributed by atoms with Crippen molar-refractivity contribution in [3.05, 3.63) is 30.4 Å². The SMILES string of the molecule is COc1cc(N)cc2sc(NC(=O)c3cncn3C)nc12. The molecule has 0 atom stereocenters. The fourth-order valence-corrected chi connectivity index (χ4v) is 2.89. The number of rotatable bonds is 3. The fourth-order valence-electron chi connectivity index (χ4n) is 1.97. The third-order valence-electron chi connectivity index (χ3n) is 2.97. The van der Waals surface area contributed by atoms with Gasteiger partial charge in [0.1, 0.15) is 17.0 Å². The second-order valence-electron chi connectivity index (χ2n) is 4.43. The minimum Gasteiger partial charge on any atom is -0.494 e. The molecule has 0 saturated carbocycles. The van der Waals surface area contributed by atoms with Gasteiger partial charge in [-0.15, -0.1) is 0 Å². The number of aromatic nitrogens is 3. The van der Waals surface area contributed by atoms with Crippen LogP contribution in [-0.4, -0.2) is 27.6 Å². The highest BCUT2D eigenvalue weighted by atomic mass is 32.1. The van der Waals surface area contributed by atoms with Gasteiger partial charge in [-0.3, -0.25) is 10.1 Å². The Bertz CT molecular complexity index is 823. The number of nitrogen functional groups attached to an aromatic ring is 1. The molecule has 7 nitrogen and oxygen atoms in total. The van der Waals surface area contributed by atoms with Gasteiger partial charge in [-0.25, -0.2) is 9.97 Å². The van der Waals surface area contributed by atoms with Crippen molar-refractivity contribution in [1.82, 2.24) is 14.5 Å². The van der Waals surface area contributed by atoms with Crippen LogP contribution in [-0.2, 0) is 7.05 Å². The molecule has 0 radical (unpaired) electrons. The summed E-state index contributed by atoms with van der Waals surface area (Å²) in [5.41, 5.74) is 7.53. The lowest BCUT2D eigenvalue weighted by Gasteiger charge is -2.01. The molecule has 3 N–H and O–H groups in total. The number of aryl methyl sites for hydroxylation is 1. The second kappa shape index (κ2) is 5.06. The molecule has 3 aromatic rings. The summed E-state index contributed by atoms with van der Waals surface area (Å²) in [6.07, 6.45) is 3.07. The van der Waals surface area contributed by atoms with Gasteiger partial charge < -0.3 is 15.0 Å². The van der Waals surface area contributed by atoms with Crippen LogP contribution < -0.4 is 15.8 Å². The molecule has 108 valence electrons. The number of methoxy groups -OCH3 is 1. The Labute approximate surface area is 124 Å². The van der Waals surface area contributed by atoms with E-state index in [1.807, 2.05) is 0 Å². The van der Waals surface area contributed by atoms with E-state index in [9.17, 15) is 4.79 Å². The fraction of sp³-hybridized carbons (Fsp3) is 0.154. The van der Waals surface area contributed by atoms with E-state index >= 15 is 0 Å². The molecule has 0 spiro atoms. The summed E-state index contributed by atoms with van der Waals surface area (Å²) in [5.74, 6) is 0.322. The number of nitrogens with zero attached hydrogens (tertiary/aromatic N) is 3. The first kappa shape index (κ1) is 13.4. The van der Waals surface area contributed by atoms with Crippen molar-refractivity contribution in [2.45, 2.75) is 0 Å². The van der Waals surface area contributed by atoms with Crippen LogP contribution in [0.2, 0.25) is 0 Å². The predicted molar refractivity (Wildman–Crippen MR) is 81.7 cm³/mol. The number of hydrogen-bond donors (Lipinski definition) is 2. The average molecular weight is 303 g/mol. The molecule has 1 amide bonds. The van der Waals surface area contributed by atoms with E-state index in [0.717, 1.165) is 4.70 Å². The molecule has 0 bridgehead atoms. The Morgan fingerprint density at radius 1 is 1.48 bits per heavy atom. The smallest absolute Gasteiger partial charge is 0.275 e. The zero-order chi connectivity index (χ0) is 15.0. The number of anilines is 2. The number of hydrogen-bond acceptors (Lipinski definition) is 6. The van der Waals surface area contributed by atoms with E-state index in [4.69, 9.17) is 10.5 Å². The molecular formula is C13H13N5O2S. The van der Waals surface area contributed by atoms with Crippen molar-refractivity contribution in [1.29, 1.82) is 0 Å². The van der Waals surface area contributed by atoms with Crippen molar-refractivity contribution in [3.8, 4) is 5.75 Å². The Balaban J connectivity index is 1.95. The normalized spacial score (nSPS) is 10.8. The van der Waals surface area contributed by atoms with Gasteiger partial charge in [0.15, 0.2) is 5.13 Å². The first-order valence-electron chi connectivity index (χ1n) is 6.10. The number of amides is 1. The molecule has 0 unspecified atom stereocenters. The molecule has 0 aliphatic carbocycles. The second-order valence-corrected chi connectivity index (χ2v) is 5.46. The summed E-state index contributed by atoms with van der Waals surface area (Å²) in [5, 5.41) is 3.24. The quantitative estimate of drug-likeness (QED) is 0.720. The molecular weight excluding hydrogens is 290 g/mol. The predicted octanol–water partition coefficient (Wildman–Crippen LogP) is 1.87. The number of carbonyl (C=O) groups excluding carboxylic acids is 1. The lowest BCUT2D eigenvalue weighted by Crippen LogP contribution is -2.15. The first-order chi connectivity index (χ1) is 10.1. The summed E-state index contributed by atoms with van der Waals surface area (Å²) in [4.78, 5) is 20.4. The molecule has 8 heteroatoms. The zero-order valence-corrected chi connectivity index (χ0v) is 12.3. The molecule has 0 fully saturated rings. The molecule has 0 aliphatic heterocycles. The maximum absolute atomic E-state index is 12.1. The third kappa shape index (κ3) is 2.40. The zero-order valence-electron chi connectivity index (χ0n) is 11.5. The number of thiazole rings is 1. The van der Waals surface area contributed by atoms with Crippen molar-refractivity contribution in [3.63, 3.8) is 0 Å². The van der Waals surface area contributed by atoms with E-state index in [0.29, 0.717) is 27.8 Å². The van der Waals surface area contributed by atoms with Gasteiger partial charge in [-0.2, -0.15) is 0 Å². The van der Waals surface area contributed by atoms with E-state index in [2.05, 4.69) is 15.3 Å². The third-order valence-corrected chi connectivity index (χ3v) is 3.89. The highest BCUT2D eigenvalue weighted by Gasteiger charge is 2.15. The van der Waals surface area contributed by atoms with Crippen LogP contribution in [0.5, 0.6) is 5.75 Å². The van der Waals surface area contributed by atoms with Gasteiger partial charge in [-0.1, -0.05) is 11.3 Å². The molecule has 0 saturated heterocycles. The van der Waals surface area contributed by atoms with Gasteiger partial charge >= 0.3 is 0 Å². The molecule has 2 heterocycles. The average Bonchev–Trinajstić information content (AvgIpc) is 3.03. The van der Waals surface area contributed by atoms with Crippen LogP contribution in [0.3, 0.4) is 0 Å². The Morgan fingerprint density at radius 2 is 2.29 bits per heavy atom. The topological polar surface area (TPSA) is 95.1 Å². The number of imidazole rings is 1. The lowest BCUT2D eigenvalue weighted by molar-refractivity contribution is 0.101. The van der Waals surface area contributed by atoms with Gasteiger partial charge in [-0.05, 0) is 6.07 Å². The lowest BCUT2D eigenvalue weighted by atomic mass is 10.3. The van der Waals surface area contributed by atoms with E-state index in [-0.39, 0.29) is 5.91 Å². The van der Waals surface area contributed by atoms with Crippen LogP contribution >= 0.6 is 11.3 Å². The van der Waals surface area contributed by atoms with Crippen molar-refractivity contribution >= 4 is 38.3 Å². The Morgan fingerprint density at radius 3 is 2.95 bits per heavy atom. The largest absolute Gasteiger partial charge is 0.494 e. The van der Waals surface area contributed by atoms with Crippen LogP contribution in [0.15, 0.2) is 24.7 Å². The van der Waals surface area contributed by atoms with Gasteiger partial charge in [0.25, 0.3) is 5.91 Å². The number of benzene rings is 1. The van der Waals surface area contributed by atoms with Crippen LogP contribution in [0.4, 0.5) is 10.8 Å². The number of fused-ring (bicyclic) bond motifs is 1. The molecule has 0 aliphatic rings. The van der Waals surface area contributed by atoms with Gasteiger partial charge in [0, 0.05) is 18.8 Å². The number of nitrogens with two attached hydrogens (primary N) is 1. The van der Waals surface area contributed by atoms with Crippen LogP contribution in [0, 0.1) is 0 Å². The summed E-state index contributed by atoms with van der Waals surface area (Å²) in [6.45, 7) is 0. The van der Waals surface area contributed by atoms with Crippen molar-refractivity contribution < 1.29 is 9.53 Å². The highest BCUT2D eigenvalue weighted by molar-refractivity contribution is 7.22. The van der Waals surface area contributed by atoms with E-state index in [1.165, 1.54) is 17.5 Å².